The van der Waals surface area contributed by atoms with Crippen LogP contribution >= 0.6 is 0 Å². The van der Waals surface area contributed by atoms with Gasteiger partial charge in [-0.3, -0.25) is 4.99 Å². The second kappa shape index (κ2) is 13.6. The molecule has 0 heterocycles. The minimum atomic E-state index is 0.589. The van der Waals surface area contributed by atoms with E-state index in [4.69, 9.17) is 14.2 Å². The highest BCUT2D eigenvalue weighted by Gasteiger charge is 2.05. The summed E-state index contributed by atoms with van der Waals surface area (Å²) >= 11 is 0. The lowest BCUT2D eigenvalue weighted by atomic mass is 10.1. The fourth-order valence-electron chi connectivity index (χ4n) is 3.11. The zero-order valence-corrected chi connectivity index (χ0v) is 18.7. The van der Waals surface area contributed by atoms with Crippen LogP contribution in [0.5, 0.6) is 5.75 Å². The maximum Gasteiger partial charge on any atom is 0.191 e. The van der Waals surface area contributed by atoms with E-state index in [0.29, 0.717) is 26.4 Å². The third kappa shape index (κ3) is 8.43. The van der Waals surface area contributed by atoms with Crippen molar-refractivity contribution in [1.29, 1.82) is 0 Å². The van der Waals surface area contributed by atoms with Gasteiger partial charge in [0.05, 0.1) is 26.9 Å². The number of nitrogens with zero attached hydrogens (tertiary/aromatic N) is 1. The Labute approximate surface area is 180 Å². The first-order chi connectivity index (χ1) is 14.7. The van der Waals surface area contributed by atoms with E-state index in [0.717, 1.165) is 36.8 Å². The predicted octanol–water partition coefficient (Wildman–Crippen LogP) is 3.46. The highest BCUT2D eigenvalue weighted by molar-refractivity contribution is 5.79. The summed E-state index contributed by atoms with van der Waals surface area (Å²) in [6.45, 7) is 8.10. The molecule has 2 aromatic rings. The van der Waals surface area contributed by atoms with Crippen molar-refractivity contribution in [2.24, 2.45) is 4.99 Å². The normalized spacial score (nSPS) is 11.4. The first kappa shape index (κ1) is 23.7. The summed E-state index contributed by atoms with van der Waals surface area (Å²) in [6, 6.07) is 14.6. The molecule has 0 saturated heterocycles. The van der Waals surface area contributed by atoms with Crippen molar-refractivity contribution >= 4 is 5.96 Å². The highest BCUT2D eigenvalue weighted by atomic mass is 16.5. The van der Waals surface area contributed by atoms with Crippen LogP contribution in [0.25, 0.3) is 0 Å². The fraction of sp³-hybridized carbons (Fsp3) is 0.458. The van der Waals surface area contributed by atoms with E-state index >= 15 is 0 Å². The monoisotopic (exact) mass is 413 g/mol. The third-order valence-electron chi connectivity index (χ3n) is 4.64. The average Bonchev–Trinajstić information content (AvgIpc) is 2.76. The molecule has 0 bridgehead atoms. The number of nitrogens with one attached hydrogen (secondary N) is 2. The van der Waals surface area contributed by atoms with Gasteiger partial charge in [-0.25, -0.2) is 0 Å². The molecule has 0 aliphatic carbocycles. The van der Waals surface area contributed by atoms with E-state index in [-0.39, 0.29) is 0 Å². The molecule has 6 nitrogen and oxygen atoms in total. The van der Waals surface area contributed by atoms with Crippen LogP contribution in [0.15, 0.2) is 47.5 Å². The molecule has 0 fully saturated rings. The largest absolute Gasteiger partial charge is 0.496 e. The van der Waals surface area contributed by atoms with Gasteiger partial charge >= 0.3 is 0 Å². The van der Waals surface area contributed by atoms with Gasteiger partial charge in [-0.15, -0.1) is 0 Å². The van der Waals surface area contributed by atoms with Crippen LogP contribution in [0.4, 0.5) is 0 Å². The van der Waals surface area contributed by atoms with Crippen LogP contribution in [-0.2, 0) is 29.0 Å². The molecule has 0 aromatic heterocycles. The molecule has 30 heavy (non-hydrogen) atoms. The van der Waals surface area contributed by atoms with Crippen molar-refractivity contribution < 1.29 is 14.2 Å². The third-order valence-corrected chi connectivity index (χ3v) is 4.64. The summed E-state index contributed by atoms with van der Waals surface area (Å²) in [5.74, 6) is 1.70. The van der Waals surface area contributed by atoms with Gasteiger partial charge in [0.2, 0.25) is 0 Å². The summed E-state index contributed by atoms with van der Waals surface area (Å²) in [6.07, 6.45) is 0.861. The number of hydrogen-bond donors (Lipinski definition) is 2. The molecule has 0 spiro atoms. The Kier molecular flexibility index (Phi) is 10.8. The van der Waals surface area contributed by atoms with Crippen LogP contribution in [0.2, 0.25) is 0 Å². The summed E-state index contributed by atoms with van der Waals surface area (Å²) in [4.78, 5) is 4.32. The van der Waals surface area contributed by atoms with Crippen molar-refractivity contribution in [2.75, 3.05) is 40.5 Å². The van der Waals surface area contributed by atoms with Crippen molar-refractivity contribution in [3.05, 3.63) is 64.7 Å². The Morgan fingerprint density at radius 1 is 1.00 bits per heavy atom. The molecule has 0 amide bonds. The molecule has 2 aromatic carbocycles. The number of aliphatic imine (C=N–C) groups is 1. The number of aryl methyl sites for hydroxylation is 1. The van der Waals surface area contributed by atoms with Gasteiger partial charge in [0.1, 0.15) is 5.75 Å². The molecule has 0 saturated carbocycles. The van der Waals surface area contributed by atoms with Gasteiger partial charge in [-0.05, 0) is 43.0 Å². The zero-order valence-electron chi connectivity index (χ0n) is 18.7. The molecule has 2 rings (SSSR count). The first-order valence-electron chi connectivity index (χ1n) is 10.5. The molecule has 2 N–H and O–H groups in total. The van der Waals surface area contributed by atoms with Gasteiger partial charge in [-0.1, -0.05) is 42.0 Å². The zero-order chi connectivity index (χ0) is 21.6. The van der Waals surface area contributed by atoms with E-state index in [1.165, 1.54) is 16.7 Å². The predicted molar refractivity (Wildman–Crippen MR) is 122 cm³/mol. The number of benzene rings is 2. The molecule has 0 aliphatic rings. The molecule has 0 atom stereocenters. The number of guanidine groups is 1. The van der Waals surface area contributed by atoms with E-state index in [1.807, 2.05) is 13.0 Å². The Morgan fingerprint density at radius 2 is 1.80 bits per heavy atom. The minimum absolute atomic E-state index is 0.589. The second-order valence-electron chi connectivity index (χ2n) is 6.99. The molecular formula is C24H35N3O3. The van der Waals surface area contributed by atoms with Crippen LogP contribution < -0.4 is 15.4 Å². The Morgan fingerprint density at radius 3 is 2.57 bits per heavy atom. The first-order valence-corrected chi connectivity index (χ1v) is 10.5. The average molecular weight is 414 g/mol. The van der Waals surface area contributed by atoms with Crippen molar-refractivity contribution in [2.45, 2.75) is 33.4 Å². The fourth-order valence-corrected chi connectivity index (χ4v) is 3.11. The van der Waals surface area contributed by atoms with Gasteiger partial charge in [0, 0.05) is 26.7 Å². The molecule has 0 aliphatic heterocycles. The second-order valence-corrected chi connectivity index (χ2v) is 6.99. The topological polar surface area (TPSA) is 64.1 Å². The van der Waals surface area contributed by atoms with Gasteiger partial charge < -0.3 is 24.8 Å². The lowest BCUT2D eigenvalue weighted by Gasteiger charge is -2.14. The Hall–Kier alpha value is -2.57. The summed E-state index contributed by atoms with van der Waals surface area (Å²) in [5.41, 5.74) is 4.76. The van der Waals surface area contributed by atoms with Gasteiger partial charge in [-0.2, -0.15) is 0 Å². The lowest BCUT2D eigenvalue weighted by molar-refractivity contribution is 0.0453. The van der Waals surface area contributed by atoms with Crippen LogP contribution in [0.1, 0.15) is 29.2 Å². The quantitative estimate of drug-likeness (QED) is 0.317. The highest BCUT2D eigenvalue weighted by Crippen LogP contribution is 2.19. The number of methoxy groups -OCH3 is 1. The summed E-state index contributed by atoms with van der Waals surface area (Å²) in [5, 5.41) is 6.74. The standard InChI is InChI=1S/C24H35N3O3/c1-5-29-13-14-30-18-21-8-6-7-20(16-21)17-27-24(25-3)26-12-11-22-15-19(2)9-10-23(22)28-4/h6-10,15-16H,5,11-14,17-18H2,1-4H3,(H2,25,26,27). The van der Waals surface area contributed by atoms with Crippen molar-refractivity contribution in [3.8, 4) is 5.75 Å². The maximum absolute atomic E-state index is 5.65. The lowest BCUT2D eigenvalue weighted by Crippen LogP contribution is -2.37. The van der Waals surface area contributed by atoms with E-state index < -0.39 is 0 Å². The van der Waals surface area contributed by atoms with E-state index in [9.17, 15) is 0 Å². The molecule has 0 radical (unpaired) electrons. The van der Waals surface area contributed by atoms with E-state index in [1.54, 1.807) is 14.2 Å². The van der Waals surface area contributed by atoms with Gasteiger partial charge in [0.25, 0.3) is 0 Å². The number of rotatable bonds is 12. The maximum atomic E-state index is 5.65. The smallest absolute Gasteiger partial charge is 0.191 e. The van der Waals surface area contributed by atoms with Crippen LogP contribution in [-0.4, -0.2) is 46.5 Å². The molecular weight excluding hydrogens is 378 g/mol. The Balaban J connectivity index is 1.77. The molecule has 6 heteroatoms. The number of ether oxygens (including phenoxy) is 3. The van der Waals surface area contributed by atoms with Crippen LogP contribution in [0, 0.1) is 6.92 Å². The van der Waals surface area contributed by atoms with Crippen molar-refractivity contribution in [3.63, 3.8) is 0 Å². The summed E-state index contributed by atoms with van der Waals surface area (Å²) in [7, 11) is 3.49. The van der Waals surface area contributed by atoms with E-state index in [2.05, 4.69) is 58.9 Å². The molecule has 0 unspecified atom stereocenters. The summed E-state index contributed by atoms with van der Waals surface area (Å²) < 4.78 is 16.4. The Bertz CT molecular complexity index is 793. The minimum Gasteiger partial charge on any atom is -0.496 e. The SMILES string of the molecule is CCOCCOCc1cccc(CNC(=NC)NCCc2cc(C)ccc2OC)c1. The molecule has 164 valence electrons. The van der Waals surface area contributed by atoms with Gasteiger partial charge in [0.15, 0.2) is 5.96 Å². The number of hydrogen-bond acceptors (Lipinski definition) is 4. The van der Waals surface area contributed by atoms with Crippen LogP contribution in [0.3, 0.4) is 0 Å². The van der Waals surface area contributed by atoms with Crippen molar-refractivity contribution in [1.82, 2.24) is 10.6 Å².